The van der Waals surface area contributed by atoms with E-state index in [9.17, 15) is 4.79 Å². The van der Waals surface area contributed by atoms with Crippen LogP contribution in [0.3, 0.4) is 0 Å². The summed E-state index contributed by atoms with van der Waals surface area (Å²) in [6.45, 7) is 6.00. The predicted molar refractivity (Wildman–Crippen MR) is 86.3 cm³/mol. The van der Waals surface area contributed by atoms with Crippen molar-refractivity contribution in [3.8, 4) is 10.6 Å². The van der Waals surface area contributed by atoms with E-state index >= 15 is 0 Å². The van der Waals surface area contributed by atoms with E-state index < -0.39 is 0 Å². The molecule has 0 aliphatic carbocycles. The Kier molecular flexibility index (Phi) is 4.88. The maximum absolute atomic E-state index is 11.9. The lowest BCUT2D eigenvalue weighted by molar-refractivity contribution is -0.116. The lowest BCUT2D eigenvalue weighted by Gasteiger charge is -2.11. The zero-order chi connectivity index (χ0) is 14.7. The minimum atomic E-state index is -0.228. The summed E-state index contributed by atoms with van der Waals surface area (Å²) >= 11 is 4.76. The van der Waals surface area contributed by atoms with Crippen LogP contribution in [0.4, 0.5) is 5.13 Å². The molecule has 20 heavy (non-hydrogen) atoms. The van der Waals surface area contributed by atoms with Crippen LogP contribution in [0.25, 0.3) is 10.6 Å². The zero-order valence-electron chi connectivity index (χ0n) is 11.6. The van der Waals surface area contributed by atoms with Gasteiger partial charge in [-0.15, -0.1) is 10.2 Å². The fraction of sp³-hybridized carbons (Fsp3) is 0.357. The number of aryl methyl sites for hydroxylation is 1. The zero-order valence-corrected chi connectivity index (χ0v) is 14.0. The van der Waals surface area contributed by atoms with Gasteiger partial charge < -0.3 is 0 Å². The Hall–Kier alpha value is -1.27. The molecule has 106 valence electrons. The normalized spacial score (nSPS) is 12.4. The van der Waals surface area contributed by atoms with Gasteiger partial charge in [0.2, 0.25) is 11.0 Å². The molecule has 0 unspecified atom stereocenters. The number of alkyl halides is 1. The smallest absolute Gasteiger partial charge is 0.240 e. The molecular weight excluding hydrogens is 338 g/mol. The molecule has 0 fully saturated rings. The Morgan fingerprint density at radius 2 is 2.00 bits per heavy atom. The first-order valence-corrected chi connectivity index (χ1v) is 8.06. The monoisotopic (exact) mass is 353 g/mol. The average molecular weight is 354 g/mol. The second-order valence-corrected chi connectivity index (χ2v) is 6.83. The van der Waals surface area contributed by atoms with Gasteiger partial charge in [-0.2, -0.15) is 0 Å². The number of benzene rings is 1. The van der Waals surface area contributed by atoms with Crippen molar-refractivity contribution < 1.29 is 4.79 Å². The Balaban J connectivity index is 2.14. The van der Waals surface area contributed by atoms with Crippen LogP contribution in [-0.4, -0.2) is 20.9 Å². The van der Waals surface area contributed by atoms with Crippen molar-refractivity contribution in [2.45, 2.75) is 25.6 Å². The van der Waals surface area contributed by atoms with Crippen molar-refractivity contribution in [2.24, 2.45) is 5.92 Å². The SMILES string of the molecule is Cc1ccccc1-c1nnc(NC(=O)[C@@H](Br)C(C)C)s1. The highest BCUT2D eigenvalue weighted by Gasteiger charge is 2.20. The van der Waals surface area contributed by atoms with Crippen molar-refractivity contribution in [3.05, 3.63) is 29.8 Å². The standard InChI is InChI=1S/C14H16BrN3OS/c1-8(2)11(15)12(19)16-14-18-17-13(20-14)10-7-5-4-6-9(10)3/h4-8,11H,1-3H3,(H,16,18,19)/t11-/m0/s1. The number of rotatable bonds is 4. The summed E-state index contributed by atoms with van der Waals surface area (Å²) in [5.41, 5.74) is 2.19. The molecule has 0 bridgehead atoms. The van der Waals surface area contributed by atoms with Gasteiger partial charge in [-0.25, -0.2) is 0 Å². The van der Waals surface area contributed by atoms with Crippen LogP contribution < -0.4 is 5.32 Å². The van der Waals surface area contributed by atoms with E-state index in [1.807, 2.05) is 45.0 Å². The van der Waals surface area contributed by atoms with Gasteiger partial charge in [0.05, 0.1) is 4.83 Å². The molecule has 2 rings (SSSR count). The molecule has 0 aliphatic heterocycles. The first kappa shape index (κ1) is 15.1. The van der Waals surface area contributed by atoms with Crippen molar-refractivity contribution in [1.82, 2.24) is 10.2 Å². The molecule has 0 aliphatic rings. The number of amides is 1. The second kappa shape index (κ2) is 6.45. The summed E-state index contributed by atoms with van der Waals surface area (Å²) < 4.78 is 0. The molecule has 0 saturated heterocycles. The maximum atomic E-state index is 11.9. The number of anilines is 1. The van der Waals surface area contributed by atoms with E-state index in [1.54, 1.807) is 0 Å². The van der Waals surface area contributed by atoms with Crippen LogP contribution in [0, 0.1) is 12.8 Å². The van der Waals surface area contributed by atoms with Gasteiger partial charge in [-0.3, -0.25) is 10.1 Å². The molecule has 2 aromatic rings. The topological polar surface area (TPSA) is 54.9 Å². The highest BCUT2D eigenvalue weighted by Crippen LogP contribution is 2.29. The largest absolute Gasteiger partial charge is 0.300 e. The molecule has 1 N–H and O–H groups in total. The maximum Gasteiger partial charge on any atom is 0.240 e. The van der Waals surface area contributed by atoms with E-state index in [4.69, 9.17) is 0 Å². The quantitative estimate of drug-likeness (QED) is 0.848. The summed E-state index contributed by atoms with van der Waals surface area (Å²) in [6, 6.07) is 7.99. The minimum Gasteiger partial charge on any atom is -0.300 e. The van der Waals surface area contributed by atoms with Gasteiger partial charge in [0.1, 0.15) is 5.01 Å². The average Bonchev–Trinajstić information content (AvgIpc) is 2.86. The number of carbonyl (C=O) groups excluding carboxylic acids is 1. The second-order valence-electron chi connectivity index (χ2n) is 4.86. The Morgan fingerprint density at radius 1 is 1.30 bits per heavy atom. The van der Waals surface area contributed by atoms with E-state index in [1.165, 1.54) is 11.3 Å². The third kappa shape index (κ3) is 3.43. The van der Waals surface area contributed by atoms with E-state index in [2.05, 4.69) is 31.4 Å². The van der Waals surface area contributed by atoms with E-state index in [0.29, 0.717) is 5.13 Å². The number of carbonyl (C=O) groups is 1. The summed E-state index contributed by atoms with van der Waals surface area (Å²) in [7, 11) is 0. The third-order valence-corrected chi connectivity index (χ3v) is 5.21. The molecule has 6 heteroatoms. The van der Waals surface area contributed by atoms with Crippen LogP contribution in [0.1, 0.15) is 19.4 Å². The summed E-state index contributed by atoms with van der Waals surface area (Å²) in [5.74, 6) is 0.131. The summed E-state index contributed by atoms with van der Waals surface area (Å²) in [5, 5.41) is 12.3. The highest BCUT2D eigenvalue weighted by atomic mass is 79.9. The lowest BCUT2D eigenvalue weighted by Crippen LogP contribution is -2.26. The Morgan fingerprint density at radius 3 is 2.65 bits per heavy atom. The third-order valence-electron chi connectivity index (χ3n) is 2.87. The van der Waals surface area contributed by atoms with Crippen LogP contribution >= 0.6 is 27.3 Å². The van der Waals surface area contributed by atoms with Crippen LogP contribution in [0.2, 0.25) is 0 Å². The van der Waals surface area contributed by atoms with Gasteiger partial charge in [0, 0.05) is 5.56 Å². The van der Waals surface area contributed by atoms with Crippen LogP contribution in [0.15, 0.2) is 24.3 Å². The van der Waals surface area contributed by atoms with Gasteiger partial charge in [0.25, 0.3) is 0 Å². The Labute approximate surface area is 130 Å². The van der Waals surface area contributed by atoms with Gasteiger partial charge in [0.15, 0.2) is 0 Å². The van der Waals surface area contributed by atoms with Crippen molar-refractivity contribution in [2.75, 3.05) is 5.32 Å². The fourth-order valence-corrected chi connectivity index (χ4v) is 2.62. The van der Waals surface area contributed by atoms with Gasteiger partial charge >= 0.3 is 0 Å². The predicted octanol–water partition coefficient (Wildman–Crippen LogP) is 3.87. The fourth-order valence-electron chi connectivity index (χ4n) is 1.67. The van der Waals surface area contributed by atoms with Gasteiger partial charge in [-0.1, -0.05) is 65.4 Å². The van der Waals surface area contributed by atoms with E-state index in [0.717, 1.165) is 16.1 Å². The van der Waals surface area contributed by atoms with E-state index in [-0.39, 0.29) is 16.7 Å². The molecule has 0 spiro atoms. The first-order valence-electron chi connectivity index (χ1n) is 6.33. The molecule has 4 nitrogen and oxygen atoms in total. The molecule has 1 amide bonds. The molecule has 1 aromatic heterocycles. The molecule has 0 saturated carbocycles. The molecular formula is C14H16BrN3OS. The number of halogens is 1. The highest BCUT2D eigenvalue weighted by molar-refractivity contribution is 9.10. The minimum absolute atomic E-state index is 0.0903. The number of hydrogen-bond acceptors (Lipinski definition) is 4. The van der Waals surface area contributed by atoms with Crippen molar-refractivity contribution in [1.29, 1.82) is 0 Å². The Bertz CT molecular complexity index is 612. The number of aromatic nitrogens is 2. The lowest BCUT2D eigenvalue weighted by atomic mass is 10.1. The summed E-state index contributed by atoms with van der Waals surface area (Å²) in [6.07, 6.45) is 0. The first-order chi connectivity index (χ1) is 9.49. The molecule has 1 heterocycles. The van der Waals surface area contributed by atoms with Crippen molar-refractivity contribution in [3.63, 3.8) is 0 Å². The van der Waals surface area contributed by atoms with Crippen LogP contribution in [-0.2, 0) is 4.79 Å². The van der Waals surface area contributed by atoms with Crippen LogP contribution in [0.5, 0.6) is 0 Å². The number of nitrogens with zero attached hydrogens (tertiary/aromatic N) is 2. The molecule has 0 radical (unpaired) electrons. The number of hydrogen-bond donors (Lipinski definition) is 1. The van der Waals surface area contributed by atoms with Crippen molar-refractivity contribution >= 4 is 38.3 Å². The summed E-state index contributed by atoms with van der Waals surface area (Å²) in [4.78, 5) is 11.7. The number of nitrogens with one attached hydrogen (secondary N) is 1. The molecule has 1 atom stereocenters. The molecule has 1 aromatic carbocycles. The van der Waals surface area contributed by atoms with Gasteiger partial charge in [-0.05, 0) is 18.4 Å².